The van der Waals surface area contributed by atoms with E-state index in [2.05, 4.69) is 0 Å². The van der Waals surface area contributed by atoms with Crippen LogP contribution < -0.4 is 4.31 Å². The molecular weight excluding hydrogens is 514 g/mol. The second kappa shape index (κ2) is 11.6. The van der Waals surface area contributed by atoms with E-state index in [-0.39, 0.29) is 18.1 Å². The summed E-state index contributed by atoms with van der Waals surface area (Å²) in [4.78, 5) is 25.6. The number of para-hydroxylation sites is 1. The van der Waals surface area contributed by atoms with E-state index >= 15 is 0 Å². The van der Waals surface area contributed by atoms with Gasteiger partial charge in [-0.15, -0.1) is 0 Å². The lowest BCUT2D eigenvalue weighted by Gasteiger charge is -2.36. The maximum absolute atomic E-state index is 12.9. The van der Waals surface area contributed by atoms with E-state index in [4.69, 9.17) is 9.15 Å². The number of hydrogen-bond donors (Lipinski definition) is 0. The smallest absolute Gasteiger partial charge is 0.330 e. The maximum Gasteiger partial charge on any atom is 0.330 e. The number of carbonyl (C=O) groups excluding carboxylic acids is 2. The van der Waals surface area contributed by atoms with Gasteiger partial charge >= 0.3 is 5.97 Å². The third kappa shape index (κ3) is 6.82. The summed E-state index contributed by atoms with van der Waals surface area (Å²) in [6.07, 6.45) is 0.213. The number of Topliss-reactive ketones (excluding diaryl/α,β-unsaturated/α-hetero) is 1. The van der Waals surface area contributed by atoms with Crippen LogP contribution in [0.2, 0.25) is 0 Å². The molecule has 0 amide bonds. The lowest BCUT2D eigenvalue weighted by Crippen LogP contribution is -2.48. The minimum Gasteiger partial charge on any atom is -0.755 e. The van der Waals surface area contributed by atoms with Gasteiger partial charge in [0.1, 0.15) is 17.2 Å². The predicted molar refractivity (Wildman–Crippen MR) is 152 cm³/mol. The summed E-state index contributed by atoms with van der Waals surface area (Å²) in [7, 11) is 0. The molecule has 0 aliphatic rings. The van der Waals surface area contributed by atoms with Gasteiger partial charge in [0.15, 0.2) is 5.76 Å². The van der Waals surface area contributed by atoms with Crippen LogP contribution in [0.1, 0.15) is 50.7 Å². The van der Waals surface area contributed by atoms with E-state index < -0.39 is 28.9 Å². The van der Waals surface area contributed by atoms with Crippen LogP contribution in [0.15, 0.2) is 83.3 Å². The first kappa shape index (κ1) is 28.3. The minimum atomic E-state index is -2.69. The van der Waals surface area contributed by atoms with Crippen LogP contribution in [-0.4, -0.2) is 32.2 Å². The number of ether oxygens (including phenoxy) is 1. The first-order chi connectivity index (χ1) is 18.4. The molecule has 0 saturated heterocycles. The monoisotopic (exact) mass is 546 g/mol. The van der Waals surface area contributed by atoms with E-state index in [1.54, 1.807) is 65.0 Å². The molecule has 0 saturated carbocycles. The summed E-state index contributed by atoms with van der Waals surface area (Å²) in [6.45, 7) is 8.80. The molecule has 4 rings (SSSR count). The van der Waals surface area contributed by atoms with Crippen molar-refractivity contribution >= 4 is 39.7 Å². The van der Waals surface area contributed by atoms with Crippen LogP contribution in [0.5, 0.6) is 0 Å². The molecule has 8 heteroatoms. The zero-order chi connectivity index (χ0) is 28.3. The Balaban J connectivity index is 1.50. The Bertz CT molecular complexity index is 1450. The van der Waals surface area contributed by atoms with E-state index in [0.29, 0.717) is 17.0 Å². The third-order valence-corrected chi connectivity index (χ3v) is 6.93. The molecular formula is C31H32NO6S-. The Morgan fingerprint density at radius 1 is 0.949 bits per heavy atom. The van der Waals surface area contributed by atoms with Gasteiger partial charge in [-0.2, -0.15) is 0 Å². The molecule has 1 heterocycles. The van der Waals surface area contributed by atoms with Crippen molar-refractivity contribution in [3.8, 4) is 11.1 Å². The van der Waals surface area contributed by atoms with E-state index in [1.165, 1.54) is 0 Å². The van der Waals surface area contributed by atoms with Crippen LogP contribution in [0.3, 0.4) is 0 Å². The fraction of sp³-hybridized carbons (Fsp3) is 0.290. The van der Waals surface area contributed by atoms with Gasteiger partial charge < -0.3 is 13.7 Å². The second-order valence-corrected chi connectivity index (χ2v) is 11.6. The molecule has 2 unspecified atom stereocenters. The summed E-state index contributed by atoms with van der Waals surface area (Å²) in [6, 6.07) is 22.8. The van der Waals surface area contributed by atoms with Gasteiger partial charge in [-0.1, -0.05) is 68.4 Å². The average molecular weight is 547 g/mol. The van der Waals surface area contributed by atoms with Crippen molar-refractivity contribution in [2.24, 2.45) is 5.92 Å². The van der Waals surface area contributed by atoms with Gasteiger partial charge in [0.2, 0.25) is 5.78 Å². The number of ketones is 1. The Morgan fingerprint density at radius 2 is 1.54 bits per heavy atom. The fourth-order valence-electron chi connectivity index (χ4n) is 4.35. The highest BCUT2D eigenvalue weighted by atomic mass is 32.2. The van der Waals surface area contributed by atoms with Crippen molar-refractivity contribution in [1.29, 1.82) is 0 Å². The van der Waals surface area contributed by atoms with Crippen LogP contribution in [0, 0.1) is 5.92 Å². The Hall–Kier alpha value is -3.75. The SMILES string of the molecule is CC(C)C(C(=O)OC(C)(C)C)N(c1ccc(-c2ccc(CC(=O)c3cc4ccccc4o3)cc2)cc1)S(=O)[O-]. The Kier molecular flexibility index (Phi) is 8.37. The van der Waals surface area contributed by atoms with Crippen LogP contribution in [0.4, 0.5) is 5.69 Å². The highest BCUT2D eigenvalue weighted by Crippen LogP contribution is 2.29. The first-order valence-corrected chi connectivity index (χ1v) is 13.8. The van der Waals surface area contributed by atoms with E-state index in [0.717, 1.165) is 26.4 Å². The molecule has 0 N–H and O–H groups in total. The van der Waals surface area contributed by atoms with Gasteiger partial charge in [0.05, 0.1) is 0 Å². The van der Waals surface area contributed by atoms with E-state index in [1.807, 2.05) is 48.5 Å². The van der Waals surface area contributed by atoms with Crippen molar-refractivity contribution in [1.82, 2.24) is 0 Å². The minimum absolute atomic E-state index is 0.0984. The number of hydrogen-bond acceptors (Lipinski definition) is 6. The molecule has 0 radical (unpaired) electrons. The van der Waals surface area contributed by atoms with Crippen molar-refractivity contribution in [3.63, 3.8) is 0 Å². The summed E-state index contributed by atoms with van der Waals surface area (Å²) in [5.41, 5.74) is 2.93. The van der Waals surface area contributed by atoms with Gasteiger partial charge in [0.25, 0.3) is 0 Å². The lowest BCUT2D eigenvalue weighted by molar-refractivity contribution is -0.157. The number of carbonyl (C=O) groups is 2. The van der Waals surface area contributed by atoms with Crippen LogP contribution in [0.25, 0.3) is 22.1 Å². The highest BCUT2D eigenvalue weighted by molar-refractivity contribution is 7.80. The number of esters is 1. The largest absolute Gasteiger partial charge is 0.755 e. The lowest BCUT2D eigenvalue weighted by atomic mass is 10.0. The van der Waals surface area contributed by atoms with Gasteiger partial charge in [-0.3, -0.25) is 13.3 Å². The topological polar surface area (TPSA) is 99.9 Å². The molecule has 1 aromatic heterocycles. The van der Waals surface area contributed by atoms with Gasteiger partial charge in [-0.25, -0.2) is 4.79 Å². The normalized spacial score (nSPS) is 13.3. The average Bonchev–Trinajstić information content (AvgIpc) is 3.31. The van der Waals surface area contributed by atoms with Crippen molar-refractivity contribution in [3.05, 3.63) is 90.2 Å². The number of benzene rings is 3. The molecule has 4 aromatic rings. The Labute approximate surface area is 231 Å². The molecule has 7 nitrogen and oxygen atoms in total. The summed E-state index contributed by atoms with van der Waals surface area (Å²) < 4.78 is 36.7. The molecule has 2 atom stereocenters. The van der Waals surface area contributed by atoms with Crippen LogP contribution in [-0.2, 0) is 27.2 Å². The highest BCUT2D eigenvalue weighted by Gasteiger charge is 2.34. The Morgan fingerprint density at radius 3 is 2.08 bits per heavy atom. The maximum atomic E-state index is 12.9. The van der Waals surface area contributed by atoms with Crippen molar-refractivity contribution < 1.29 is 27.5 Å². The number of nitrogens with zero attached hydrogens (tertiary/aromatic N) is 1. The number of anilines is 1. The quantitative estimate of drug-likeness (QED) is 0.135. The fourth-order valence-corrected chi connectivity index (χ4v) is 5.16. The molecule has 3 aromatic carbocycles. The molecule has 0 spiro atoms. The van der Waals surface area contributed by atoms with Crippen molar-refractivity contribution in [2.45, 2.75) is 52.7 Å². The standard InChI is InChI=1S/C31H33NO6S/c1-20(2)29(30(34)38-31(3,4)5)32(39(35)36)25-16-14-23(15-17-25)22-12-10-21(11-13-22)18-26(33)28-19-24-8-6-7-9-27(24)37-28/h6-17,19-20,29H,18H2,1-5H3,(H,35,36)/p-1. The number of rotatable bonds is 9. The molecule has 39 heavy (non-hydrogen) atoms. The summed E-state index contributed by atoms with van der Waals surface area (Å²) >= 11 is -2.69. The second-order valence-electron chi connectivity index (χ2n) is 10.8. The molecule has 0 aliphatic heterocycles. The first-order valence-electron chi connectivity index (χ1n) is 12.8. The number of fused-ring (bicyclic) bond motifs is 1. The third-order valence-electron chi connectivity index (χ3n) is 6.17. The number of furan rings is 1. The van der Waals surface area contributed by atoms with Crippen molar-refractivity contribution in [2.75, 3.05) is 4.31 Å². The zero-order valence-electron chi connectivity index (χ0n) is 22.7. The van der Waals surface area contributed by atoms with Gasteiger partial charge in [-0.05, 0) is 67.6 Å². The summed E-state index contributed by atoms with van der Waals surface area (Å²) in [5.74, 6) is -0.674. The predicted octanol–water partition coefficient (Wildman–Crippen LogP) is 6.49. The van der Waals surface area contributed by atoms with Crippen LogP contribution >= 0.6 is 0 Å². The summed E-state index contributed by atoms with van der Waals surface area (Å²) in [5, 5.41) is 0.893. The van der Waals surface area contributed by atoms with Gasteiger partial charge in [0, 0.05) is 28.8 Å². The molecule has 0 fully saturated rings. The molecule has 0 bridgehead atoms. The molecule has 204 valence electrons. The van der Waals surface area contributed by atoms with E-state index in [9.17, 15) is 18.4 Å². The zero-order valence-corrected chi connectivity index (χ0v) is 23.5. The molecule has 0 aliphatic carbocycles.